The topological polar surface area (TPSA) is 86.7 Å². The monoisotopic (exact) mass is 464 g/mol. The molecule has 1 spiro atoms. The number of halogens is 1. The SMILES string of the molecule is O=C(NCC1CCCCN1S(=O)(=O)c1cc(Cl)ccc1O)C12C[C@H]3CC4C[C@@H](C1)C32C4. The number of carbonyl (C=O) groups is 1. The summed E-state index contributed by atoms with van der Waals surface area (Å²) in [4.78, 5) is 13.2. The number of fused-ring (bicyclic) bond motifs is 1. The summed E-state index contributed by atoms with van der Waals surface area (Å²) in [6.45, 7) is 0.714. The lowest BCUT2D eigenvalue weighted by Gasteiger charge is -2.73. The van der Waals surface area contributed by atoms with Crippen molar-refractivity contribution in [1.29, 1.82) is 0 Å². The van der Waals surface area contributed by atoms with Crippen LogP contribution in [0.25, 0.3) is 0 Å². The molecule has 31 heavy (non-hydrogen) atoms. The van der Waals surface area contributed by atoms with Crippen LogP contribution in [0.15, 0.2) is 23.1 Å². The van der Waals surface area contributed by atoms with Gasteiger partial charge in [0.2, 0.25) is 15.9 Å². The lowest BCUT2D eigenvalue weighted by atomic mass is 9.30. The zero-order valence-corrected chi connectivity index (χ0v) is 19.1. The Balaban J connectivity index is 1.19. The Morgan fingerprint density at radius 2 is 1.94 bits per heavy atom. The summed E-state index contributed by atoms with van der Waals surface area (Å²) in [6, 6.07) is 3.78. The minimum atomic E-state index is -3.91. The third-order valence-electron chi connectivity index (χ3n) is 9.41. The van der Waals surface area contributed by atoms with Gasteiger partial charge in [-0.1, -0.05) is 18.0 Å². The number of aromatic hydroxyl groups is 1. The molecule has 1 amide bonds. The molecule has 5 aliphatic rings. The molecule has 1 aromatic carbocycles. The predicted octanol–water partition coefficient (Wildman–Crippen LogP) is 3.53. The average Bonchev–Trinajstić information content (AvgIpc) is 3.26. The minimum absolute atomic E-state index is 0.149. The van der Waals surface area contributed by atoms with E-state index in [0.717, 1.165) is 43.4 Å². The Bertz CT molecular complexity index is 1040. The third kappa shape index (κ3) is 2.54. The molecule has 0 aromatic heterocycles. The molecule has 6 atom stereocenters. The van der Waals surface area contributed by atoms with Crippen molar-refractivity contribution in [3.05, 3.63) is 23.2 Å². The molecule has 4 saturated carbocycles. The van der Waals surface area contributed by atoms with Crippen molar-refractivity contribution in [3.63, 3.8) is 0 Å². The van der Waals surface area contributed by atoms with Gasteiger partial charge in [0, 0.05) is 24.2 Å². The Morgan fingerprint density at radius 1 is 1.19 bits per heavy atom. The molecule has 5 fully saturated rings. The van der Waals surface area contributed by atoms with Gasteiger partial charge in [-0.05, 0) is 86.3 Å². The number of phenolic OH excluding ortho intramolecular Hbond substituents is 1. The first-order valence-electron chi connectivity index (χ1n) is 11.6. The Kier molecular flexibility index (Phi) is 4.33. The van der Waals surface area contributed by atoms with Gasteiger partial charge in [0.15, 0.2) is 0 Å². The van der Waals surface area contributed by atoms with Crippen LogP contribution in [0, 0.1) is 28.6 Å². The standard InChI is InChI=1S/C23H29ClN2O4S/c24-17-4-5-19(27)20(9-17)31(29,30)26-6-2-1-3-18(26)13-25-21(28)22-11-15-7-14-8-16(12-22)23(15,22)10-14/h4-5,9,14-16,18,27H,1-3,6-8,10-13H2,(H,25,28)/t14?,15-,16+,18?,22?,23?. The lowest BCUT2D eigenvalue weighted by molar-refractivity contribution is -0.249. The number of phenols is 1. The van der Waals surface area contributed by atoms with Crippen LogP contribution in [-0.4, -0.2) is 42.9 Å². The number of carbonyl (C=O) groups excluding carboxylic acids is 1. The van der Waals surface area contributed by atoms with Crippen LogP contribution in [0.2, 0.25) is 5.02 Å². The van der Waals surface area contributed by atoms with E-state index in [-0.39, 0.29) is 38.4 Å². The summed E-state index contributed by atoms with van der Waals surface area (Å²) in [5.74, 6) is 2.17. The van der Waals surface area contributed by atoms with Crippen LogP contribution in [-0.2, 0) is 14.8 Å². The molecule has 168 valence electrons. The van der Waals surface area contributed by atoms with E-state index < -0.39 is 10.0 Å². The van der Waals surface area contributed by atoms with Crippen LogP contribution < -0.4 is 5.32 Å². The summed E-state index contributed by atoms with van der Waals surface area (Å²) >= 11 is 6.00. The fourth-order valence-electron chi connectivity index (χ4n) is 8.27. The highest BCUT2D eigenvalue weighted by atomic mass is 35.5. The molecule has 4 unspecified atom stereocenters. The normalized spacial score (nSPS) is 40.7. The van der Waals surface area contributed by atoms with E-state index in [4.69, 9.17) is 11.6 Å². The summed E-state index contributed by atoms with van der Waals surface area (Å²) < 4.78 is 28.1. The van der Waals surface area contributed by atoms with Gasteiger partial charge in [0.05, 0.1) is 5.41 Å². The summed E-state index contributed by atoms with van der Waals surface area (Å²) in [7, 11) is -3.91. The first-order chi connectivity index (χ1) is 14.8. The second-order valence-corrected chi connectivity index (χ2v) is 12.8. The number of amides is 1. The van der Waals surface area contributed by atoms with Crippen molar-refractivity contribution in [1.82, 2.24) is 9.62 Å². The van der Waals surface area contributed by atoms with Crippen molar-refractivity contribution in [2.75, 3.05) is 13.1 Å². The van der Waals surface area contributed by atoms with Crippen molar-refractivity contribution in [2.24, 2.45) is 28.6 Å². The molecule has 2 bridgehead atoms. The lowest BCUT2D eigenvalue weighted by Crippen LogP contribution is -2.73. The Labute approximate surface area is 188 Å². The largest absolute Gasteiger partial charge is 0.507 e. The summed E-state index contributed by atoms with van der Waals surface area (Å²) in [5, 5.41) is 13.6. The summed E-state index contributed by atoms with van der Waals surface area (Å²) in [6.07, 6.45) is 8.29. The van der Waals surface area contributed by atoms with E-state index in [1.54, 1.807) is 0 Å². The van der Waals surface area contributed by atoms with E-state index in [0.29, 0.717) is 19.5 Å². The smallest absolute Gasteiger partial charge is 0.247 e. The molecular formula is C23H29ClN2O4S. The Hall–Kier alpha value is -1.31. The zero-order valence-electron chi connectivity index (χ0n) is 17.5. The van der Waals surface area contributed by atoms with Gasteiger partial charge >= 0.3 is 0 Å². The maximum atomic E-state index is 13.3. The molecule has 8 heteroatoms. The molecule has 1 aromatic rings. The molecule has 4 aliphatic carbocycles. The van der Waals surface area contributed by atoms with Gasteiger partial charge in [-0.15, -0.1) is 0 Å². The van der Waals surface area contributed by atoms with Crippen LogP contribution in [0.1, 0.15) is 51.4 Å². The number of rotatable bonds is 5. The first kappa shape index (κ1) is 20.3. The maximum absolute atomic E-state index is 13.3. The van der Waals surface area contributed by atoms with E-state index in [1.807, 2.05) is 0 Å². The number of hydrogen-bond donors (Lipinski definition) is 2. The third-order valence-corrected chi connectivity index (χ3v) is 11.6. The van der Waals surface area contributed by atoms with Crippen LogP contribution in [0.3, 0.4) is 0 Å². The quantitative estimate of drug-likeness (QED) is 0.697. The van der Waals surface area contributed by atoms with E-state index in [9.17, 15) is 18.3 Å². The minimum Gasteiger partial charge on any atom is -0.507 e. The molecule has 6 rings (SSSR count). The molecule has 0 radical (unpaired) electrons. The van der Waals surface area contributed by atoms with Crippen LogP contribution in [0.4, 0.5) is 0 Å². The van der Waals surface area contributed by atoms with Gasteiger partial charge < -0.3 is 10.4 Å². The van der Waals surface area contributed by atoms with Gasteiger partial charge in [0.25, 0.3) is 0 Å². The molecule has 1 aliphatic heterocycles. The summed E-state index contributed by atoms with van der Waals surface area (Å²) in [5.41, 5.74) is 0.0871. The average molecular weight is 465 g/mol. The van der Waals surface area contributed by atoms with Gasteiger partial charge in [0.1, 0.15) is 10.6 Å². The fourth-order valence-corrected chi connectivity index (χ4v) is 10.3. The van der Waals surface area contributed by atoms with Gasteiger partial charge in [-0.3, -0.25) is 4.79 Å². The number of nitrogens with zero attached hydrogens (tertiary/aromatic N) is 1. The number of hydrogen-bond acceptors (Lipinski definition) is 4. The van der Waals surface area contributed by atoms with E-state index >= 15 is 0 Å². The van der Waals surface area contributed by atoms with Crippen molar-refractivity contribution < 1.29 is 18.3 Å². The highest BCUT2D eigenvalue weighted by Gasteiger charge is 2.83. The second-order valence-electron chi connectivity index (χ2n) is 10.6. The predicted molar refractivity (Wildman–Crippen MR) is 116 cm³/mol. The number of nitrogens with one attached hydrogen (secondary N) is 1. The first-order valence-corrected chi connectivity index (χ1v) is 13.4. The number of benzene rings is 1. The highest BCUT2D eigenvalue weighted by Crippen LogP contribution is 2.86. The molecule has 1 heterocycles. The van der Waals surface area contributed by atoms with Crippen molar-refractivity contribution in [2.45, 2.75) is 62.3 Å². The van der Waals surface area contributed by atoms with Crippen molar-refractivity contribution >= 4 is 27.5 Å². The fraction of sp³-hybridized carbons (Fsp3) is 0.696. The molecular weight excluding hydrogens is 436 g/mol. The van der Waals surface area contributed by atoms with Crippen LogP contribution in [0.5, 0.6) is 5.75 Å². The van der Waals surface area contributed by atoms with E-state index in [2.05, 4.69) is 5.32 Å². The van der Waals surface area contributed by atoms with Gasteiger partial charge in [-0.25, -0.2) is 8.42 Å². The van der Waals surface area contributed by atoms with Crippen LogP contribution >= 0.6 is 11.6 Å². The Morgan fingerprint density at radius 3 is 2.65 bits per heavy atom. The molecule has 6 nitrogen and oxygen atoms in total. The van der Waals surface area contributed by atoms with E-state index in [1.165, 1.54) is 41.8 Å². The number of sulfonamides is 1. The molecule has 2 N–H and O–H groups in total. The second kappa shape index (κ2) is 6.61. The maximum Gasteiger partial charge on any atom is 0.247 e. The van der Waals surface area contributed by atoms with Crippen molar-refractivity contribution in [3.8, 4) is 5.75 Å². The zero-order chi connectivity index (χ0) is 21.6. The number of piperidine rings is 1. The highest BCUT2D eigenvalue weighted by molar-refractivity contribution is 7.89. The molecule has 1 saturated heterocycles. The van der Waals surface area contributed by atoms with Gasteiger partial charge in [-0.2, -0.15) is 4.31 Å².